The molecule has 17 heteroatoms. The molecule has 0 aliphatic heterocycles. The van der Waals surface area contributed by atoms with Gasteiger partial charge in [-0.3, -0.25) is 18.7 Å². The van der Waals surface area contributed by atoms with E-state index in [1.807, 2.05) is 41.5 Å². The molecule has 2 N–H and O–H groups in total. The standard InChI is InChI=1S/2C14H26O7S.Ca/c2*1-4-7-8-9-14(5-2,6-3)21-13(17)11(10-12(15)16)22(18,19)20;/h2*11H,4-10H2,1-3H3,(H,15,16)(H,18,19,20);/q;;+2/p-2. The topological polar surface area (TPSA) is 242 Å². The third-order valence-corrected chi connectivity index (χ3v) is 9.79. The van der Waals surface area contributed by atoms with Crippen molar-refractivity contribution in [3.63, 3.8) is 0 Å². The molecule has 0 aromatic rings. The minimum absolute atomic E-state index is 0. The molecule has 0 bridgehead atoms. The summed E-state index contributed by atoms with van der Waals surface area (Å²) in [6.45, 7) is 11.3. The Morgan fingerprint density at radius 2 is 0.867 bits per heavy atom. The molecule has 0 aliphatic carbocycles. The molecule has 0 saturated heterocycles. The molecule has 45 heavy (non-hydrogen) atoms. The Morgan fingerprint density at radius 1 is 0.600 bits per heavy atom. The van der Waals surface area contributed by atoms with E-state index in [1.54, 1.807) is 0 Å². The maximum Gasteiger partial charge on any atom is 2.00 e. The Morgan fingerprint density at radius 3 is 1.04 bits per heavy atom. The number of carboxylic acid groups (broad SMARTS) is 2. The molecule has 0 saturated carbocycles. The molecular weight excluding hydrogens is 665 g/mol. The van der Waals surface area contributed by atoms with Gasteiger partial charge in [0.2, 0.25) is 0 Å². The van der Waals surface area contributed by atoms with E-state index in [9.17, 15) is 46.2 Å². The van der Waals surface area contributed by atoms with Gasteiger partial charge in [-0.15, -0.1) is 0 Å². The van der Waals surface area contributed by atoms with Gasteiger partial charge in [-0.25, -0.2) is 0 Å². The van der Waals surface area contributed by atoms with Crippen LogP contribution in [-0.4, -0.2) is 109 Å². The summed E-state index contributed by atoms with van der Waals surface area (Å²) >= 11 is 0. The molecule has 14 nitrogen and oxygen atoms in total. The maximum absolute atomic E-state index is 12.0. The summed E-state index contributed by atoms with van der Waals surface area (Å²) in [6.07, 6.45) is 6.23. The van der Waals surface area contributed by atoms with E-state index in [-0.39, 0.29) is 37.7 Å². The zero-order valence-electron chi connectivity index (χ0n) is 27.4. The fraction of sp³-hybridized carbons (Fsp3) is 0.857. The minimum atomic E-state index is -4.87. The van der Waals surface area contributed by atoms with Crippen LogP contribution in [0.4, 0.5) is 0 Å². The number of aliphatic carboxylic acids is 2. The number of unbranched alkanes of at least 4 members (excludes halogenated alkanes) is 4. The van der Waals surface area contributed by atoms with E-state index < -0.39 is 78.7 Å². The van der Waals surface area contributed by atoms with Crippen LogP contribution < -0.4 is 10.2 Å². The van der Waals surface area contributed by atoms with Crippen molar-refractivity contribution in [3.05, 3.63) is 0 Å². The SMILES string of the molecule is CCCCCC(CC)(CC)OC(=O)C(CC(=O)[O-])S(=O)(=O)O.CCCCCC(CC)(CC)OC(=O)C(CC(=O)[O-])S(=O)(=O)O.[Ca+2]. The van der Waals surface area contributed by atoms with Crippen molar-refractivity contribution < 1.29 is 64.8 Å². The van der Waals surface area contributed by atoms with Crippen molar-refractivity contribution in [3.8, 4) is 0 Å². The van der Waals surface area contributed by atoms with E-state index in [4.69, 9.17) is 18.6 Å². The molecule has 0 aromatic heterocycles. The Balaban J connectivity index is -0.000000767. The number of carbonyl (C=O) groups excluding carboxylic acids is 4. The average Bonchev–Trinajstić information content (AvgIpc) is 2.92. The van der Waals surface area contributed by atoms with E-state index in [2.05, 4.69) is 0 Å². The van der Waals surface area contributed by atoms with Gasteiger partial charge in [-0.05, 0) is 51.4 Å². The fourth-order valence-electron chi connectivity index (χ4n) is 4.47. The van der Waals surface area contributed by atoms with Gasteiger partial charge >= 0.3 is 49.7 Å². The van der Waals surface area contributed by atoms with Crippen LogP contribution in [-0.2, 0) is 48.9 Å². The van der Waals surface area contributed by atoms with Gasteiger partial charge in [0.05, 0.1) is 0 Å². The third kappa shape index (κ3) is 19.4. The second-order valence-corrected chi connectivity index (χ2v) is 13.9. The van der Waals surface area contributed by atoms with Crippen LogP contribution in [0.15, 0.2) is 0 Å². The number of carbonyl (C=O) groups is 4. The fourth-order valence-corrected chi connectivity index (χ4v) is 5.75. The number of ether oxygens (including phenoxy) is 2. The largest absolute Gasteiger partial charge is 2.00 e. The van der Waals surface area contributed by atoms with Crippen LogP contribution in [0.3, 0.4) is 0 Å². The summed E-state index contributed by atoms with van der Waals surface area (Å²) < 4.78 is 73.5. The van der Waals surface area contributed by atoms with Crippen molar-refractivity contribution in [2.45, 2.75) is 153 Å². The number of hydrogen-bond donors (Lipinski definition) is 2. The van der Waals surface area contributed by atoms with Gasteiger partial charge in [0, 0.05) is 24.8 Å². The van der Waals surface area contributed by atoms with Gasteiger partial charge in [0.15, 0.2) is 10.5 Å². The monoisotopic (exact) mass is 714 g/mol. The number of esters is 2. The maximum atomic E-state index is 12.0. The number of carboxylic acids is 2. The first-order chi connectivity index (χ1) is 20.2. The Labute approximate surface area is 297 Å². The molecule has 0 spiro atoms. The third-order valence-electron chi connectivity index (χ3n) is 7.63. The average molecular weight is 715 g/mol. The molecule has 2 atom stereocenters. The molecule has 260 valence electrons. The summed E-state index contributed by atoms with van der Waals surface area (Å²) in [6, 6.07) is 0. The zero-order valence-corrected chi connectivity index (χ0v) is 31.2. The Kier molecular flexibility index (Phi) is 25.1. The number of hydrogen-bond acceptors (Lipinski definition) is 12. The quantitative estimate of drug-likeness (QED) is 0.0703. The number of rotatable bonds is 22. The second-order valence-electron chi connectivity index (χ2n) is 10.7. The van der Waals surface area contributed by atoms with Crippen molar-refractivity contribution >= 4 is 81.9 Å². The van der Waals surface area contributed by atoms with E-state index in [1.165, 1.54) is 0 Å². The Bertz CT molecular complexity index is 1030. The summed E-state index contributed by atoms with van der Waals surface area (Å²) in [5, 5.41) is 16.9. The van der Waals surface area contributed by atoms with E-state index in [0.29, 0.717) is 38.5 Å². The van der Waals surface area contributed by atoms with Gasteiger partial charge in [-0.2, -0.15) is 16.8 Å². The van der Waals surface area contributed by atoms with Gasteiger partial charge in [0.25, 0.3) is 20.2 Å². The molecule has 0 amide bonds. The van der Waals surface area contributed by atoms with E-state index in [0.717, 1.165) is 38.5 Å². The minimum Gasteiger partial charge on any atom is -0.550 e. The van der Waals surface area contributed by atoms with Crippen molar-refractivity contribution in [2.75, 3.05) is 0 Å². The Hall–Kier alpha value is -1.04. The predicted octanol–water partition coefficient (Wildman–Crippen LogP) is 1.75. The summed E-state index contributed by atoms with van der Waals surface area (Å²) in [5.41, 5.74) is -1.69. The van der Waals surface area contributed by atoms with Crippen LogP contribution in [0.1, 0.15) is 131 Å². The second kappa shape index (κ2) is 23.3. The molecule has 0 heterocycles. The first kappa shape index (κ1) is 48.4. The molecule has 0 aromatic carbocycles. The molecule has 0 rings (SSSR count). The van der Waals surface area contributed by atoms with Crippen LogP contribution >= 0.6 is 0 Å². The van der Waals surface area contributed by atoms with Crippen LogP contribution in [0, 0.1) is 0 Å². The normalized spacial score (nSPS) is 13.3. The van der Waals surface area contributed by atoms with Crippen LogP contribution in [0.5, 0.6) is 0 Å². The summed E-state index contributed by atoms with van der Waals surface area (Å²) in [4.78, 5) is 45.2. The van der Waals surface area contributed by atoms with Gasteiger partial charge in [0.1, 0.15) is 11.2 Å². The van der Waals surface area contributed by atoms with Crippen LogP contribution in [0.25, 0.3) is 0 Å². The molecule has 0 fully saturated rings. The molecular formula is C28H50CaO14S2. The summed E-state index contributed by atoms with van der Waals surface area (Å²) in [7, 11) is -9.74. The van der Waals surface area contributed by atoms with Gasteiger partial charge < -0.3 is 29.3 Å². The zero-order chi connectivity index (χ0) is 34.8. The molecule has 0 aliphatic rings. The predicted molar refractivity (Wildman–Crippen MR) is 163 cm³/mol. The van der Waals surface area contributed by atoms with Gasteiger partial charge in [-0.1, -0.05) is 67.2 Å². The van der Waals surface area contributed by atoms with Crippen LogP contribution in [0.2, 0.25) is 0 Å². The first-order valence-corrected chi connectivity index (χ1v) is 18.0. The van der Waals surface area contributed by atoms with Crippen molar-refractivity contribution in [2.24, 2.45) is 0 Å². The molecule has 2 unspecified atom stereocenters. The van der Waals surface area contributed by atoms with Crippen molar-refractivity contribution in [1.82, 2.24) is 0 Å². The smallest absolute Gasteiger partial charge is 0.550 e. The summed E-state index contributed by atoms with van der Waals surface area (Å²) in [5.74, 6) is -5.98. The first-order valence-electron chi connectivity index (χ1n) is 15.0. The molecule has 0 radical (unpaired) electrons. The van der Waals surface area contributed by atoms with Crippen molar-refractivity contribution in [1.29, 1.82) is 0 Å². The van der Waals surface area contributed by atoms with E-state index >= 15 is 0 Å².